The van der Waals surface area contributed by atoms with E-state index in [2.05, 4.69) is 0 Å². The average molecular weight is 170 g/mol. The van der Waals surface area contributed by atoms with E-state index >= 15 is 0 Å². The second-order valence-electron chi connectivity index (χ2n) is 3.93. The Morgan fingerprint density at radius 2 is 1.50 bits per heavy atom. The highest BCUT2D eigenvalue weighted by Crippen LogP contribution is 2.49. The highest BCUT2D eigenvalue weighted by molar-refractivity contribution is 4.97. The molecular weight excluding hydrogens is 156 g/mol. The molecule has 2 heterocycles. The van der Waals surface area contributed by atoms with Gasteiger partial charge in [0.25, 0.3) is 0 Å². The summed E-state index contributed by atoms with van der Waals surface area (Å²) in [7, 11) is 0. The summed E-state index contributed by atoms with van der Waals surface area (Å²) in [4.78, 5) is 0. The van der Waals surface area contributed by atoms with E-state index in [4.69, 9.17) is 14.2 Å². The maximum absolute atomic E-state index is 5.77. The van der Waals surface area contributed by atoms with Crippen molar-refractivity contribution in [3.63, 3.8) is 0 Å². The van der Waals surface area contributed by atoms with Crippen molar-refractivity contribution < 1.29 is 14.2 Å². The largest absolute Gasteiger partial charge is 0.380 e. The van der Waals surface area contributed by atoms with Crippen LogP contribution in [-0.2, 0) is 14.2 Å². The van der Waals surface area contributed by atoms with Gasteiger partial charge in [-0.3, -0.25) is 0 Å². The van der Waals surface area contributed by atoms with E-state index in [0.717, 1.165) is 26.4 Å². The molecule has 2 bridgehead atoms. The zero-order chi connectivity index (χ0) is 8.02. The third-order valence-electron chi connectivity index (χ3n) is 3.38. The van der Waals surface area contributed by atoms with E-state index in [1.54, 1.807) is 0 Å². The van der Waals surface area contributed by atoms with Crippen LogP contribution in [0.1, 0.15) is 12.8 Å². The lowest BCUT2D eigenvalue weighted by Crippen LogP contribution is -2.48. The van der Waals surface area contributed by atoms with E-state index in [9.17, 15) is 0 Å². The summed E-state index contributed by atoms with van der Waals surface area (Å²) in [6.45, 7) is 3.20. The maximum Gasteiger partial charge on any atom is 0.178 e. The van der Waals surface area contributed by atoms with Crippen LogP contribution in [0.4, 0.5) is 0 Å². The topological polar surface area (TPSA) is 27.7 Å². The van der Waals surface area contributed by atoms with Crippen LogP contribution in [0, 0.1) is 11.8 Å². The van der Waals surface area contributed by atoms with Crippen molar-refractivity contribution in [2.45, 2.75) is 18.6 Å². The van der Waals surface area contributed by atoms with E-state index < -0.39 is 0 Å². The Morgan fingerprint density at radius 1 is 0.917 bits per heavy atom. The zero-order valence-corrected chi connectivity index (χ0v) is 7.12. The van der Waals surface area contributed by atoms with Gasteiger partial charge in [0, 0.05) is 11.8 Å². The van der Waals surface area contributed by atoms with Crippen LogP contribution in [0.3, 0.4) is 0 Å². The Labute approximate surface area is 72.0 Å². The van der Waals surface area contributed by atoms with Crippen LogP contribution in [0.25, 0.3) is 0 Å². The van der Waals surface area contributed by atoms with Crippen molar-refractivity contribution in [2.24, 2.45) is 11.8 Å². The van der Waals surface area contributed by atoms with Gasteiger partial charge in [-0.1, -0.05) is 0 Å². The lowest BCUT2D eigenvalue weighted by Gasteiger charge is -2.38. The summed E-state index contributed by atoms with van der Waals surface area (Å²) < 4.78 is 17.0. The number of ether oxygens (including phenoxy) is 3. The number of rotatable bonds is 0. The fourth-order valence-corrected chi connectivity index (χ4v) is 2.81. The minimum absolute atomic E-state index is 0.224. The first-order valence-electron chi connectivity index (χ1n) is 4.77. The summed E-state index contributed by atoms with van der Waals surface area (Å²) in [6, 6.07) is 0. The molecule has 3 nitrogen and oxygen atoms in total. The van der Waals surface area contributed by atoms with Gasteiger partial charge in [-0.25, -0.2) is 0 Å². The van der Waals surface area contributed by atoms with E-state index in [0.29, 0.717) is 11.8 Å². The fraction of sp³-hybridized carbons (Fsp3) is 1.00. The lowest BCUT2D eigenvalue weighted by molar-refractivity contribution is -0.249. The molecule has 2 unspecified atom stereocenters. The molecule has 0 aromatic carbocycles. The minimum atomic E-state index is -0.224. The molecule has 0 radical (unpaired) electrons. The van der Waals surface area contributed by atoms with Gasteiger partial charge in [0.05, 0.1) is 26.4 Å². The van der Waals surface area contributed by atoms with Gasteiger partial charge in [0.1, 0.15) is 0 Å². The predicted octanol–water partition coefficient (Wildman–Crippen LogP) is 0.786. The average Bonchev–Trinajstić information content (AvgIpc) is 2.59. The summed E-state index contributed by atoms with van der Waals surface area (Å²) >= 11 is 0. The second-order valence-corrected chi connectivity index (χ2v) is 3.93. The van der Waals surface area contributed by atoms with Crippen LogP contribution < -0.4 is 0 Å². The van der Waals surface area contributed by atoms with Gasteiger partial charge in [0.2, 0.25) is 0 Å². The van der Waals surface area contributed by atoms with Gasteiger partial charge in [-0.05, 0) is 12.8 Å². The minimum Gasteiger partial charge on any atom is -0.380 e. The Bertz CT molecular complexity index is 168. The predicted molar refractivity (Wildman–Crippen MR) is 41.7 cm³/mol. The maximum atomic E-state index is 5.77. The third kappa shape index (κ3) is 0.767. The normalized spacial score (nSPS) is 44.0. The van der Waals surface area contributed by atoms with Crippen molar-refractivity contribution in [1.82, 2.24) is 0 Å². The molecule has 1 spiro atoms. The molecule has 3 rings (SSSR count). The van der Waals surface area contributed by atoms with Crippen LogP contribution in [0.5, 0.6) is 0 Å². The molecule has 0 aromatic heterocycles. The van der Waals surface area contributed by atoms with Crippen LogP contribution in [-0.4, -0.2) is 32.2 Å². The van der Waals surface area contributed by atoms with Crippen LogP contribution in [0.2, 0.25) is 0 Å². The molecule has 2 atom stereocenters. The summed E-state index contributed by atoms with van der Waals surface area (Å²) in [5.41, 5.74) is 0. The molecule has 0 aromatic rings. The Kier molecular flexibility index (Phi) is 1.48. The first kappa shape index (κ1) is 7.30. The van der Waals surface area contributed by atoms with Crippen molar-refractivity contribution >= 4 is 0 Å². The Morgan fingerprint density at radius 3 is 2.08 bits per heavy atom. The van der Waals surface area contributed by atoms with Crippen molar-refractivity contribution in [2.75, 3.05) is 26.4 Å². The molecule has 2 aliphatic heterocycles. The highest BCUT2D eigenvalue weighted by atomic mass is 16.7. The molecule has 68 valence electrons. The first-order valence-corrected chi connectivity index (χ1v) is 4.77. The standard InChI is InChI=1S/C9H14O3/c1-2-8-6-10-5-7(1)9(8)11-3-4-12-9/h7-8H,1-6H2. The Hall–Kier alpha value is -0.120. The SMILES string of the molecule is C1COC2(O1)C1CCC2COC1. The van der Waals surface area contributed by atoms with Gasteiger partial charge in [-0.15, -0.1) is 0 Å². The molecule has 1 saturated carbocycles. The molecule has 1 aliphatic carbocycles. The molecule has 2 saturated heterocycles. The van der Waals surface area contributed by atoms with Crippen LogP contribution >= 0.6 is 0 Å². The third-order valence-corrected chi connectivity index (χ3v) is 3.38. The quantitative estimate of drug-likeness (QED) is 0.538. The first-order chi connectivity index (χ1) is 5.92. The smallest absolute Gasteiger partial charge is 0.178 e. The molecule has 3 fully saturated rings. The summed E-state index contributed by atoms with van der Waals surface area (Å²) in [5.74, 6) is 0.774. The van der Waals surface area contributed by atoms with Crippen molar-refractivity contribution in [1.29, 1.82) is 0 Å². The molecular formula is C9H14O3. The lowest BCUT2D eigenvalue weighted by atomic mass is 9.95. The molecule has 12 heavy (non-hydrogen) atoms. The van der Waals surface area contributed by atoms with Gasteiger partial charge < -0.3 is 14.2 Å². The second kappa shape index (κ2) is 2.44. The fourth-order valence-electron chi connectivity index (χ4n) is 2.81. The molecule has 0 N–H and O–H groups in total. The number of hydrogen-bond acceptors (Lipinski definition) is 3. The molecule has 3 aliphatic rings. The van der Waals surface area contributed by atoms with E-state index in [1.165, 1.54) is 12.8 Å². The van der Waals surface area contributed by atoms with Crippen LogP contribution in [0.15, 0.2) is 0 Å². The van der Waals surface area contributed by atoms with Gasteiger partial charge >= 0.3 is 0 Å². The summed E-state index contributed by atoms with van der Waals surface area (Å²) in [5, 5.41) is 0. The van der Waals surface area contributed by atoms with Gasteiger partial charge in [0.15, 0.2) is 5.79 Å². The van der Waals surface area contributed by atoms with Gasteiger partial charge in [-0.2, -0.15) is 0 Å². The highest BCUT2D eigenvalue weighted by Gasteiger charge is 2.56. The Balaban J connectivity index is 1.92. The molecule has 3 heteroatoms. The number of hydrogen-bond donors (Lipinski definition) is 0. The van der Waals surface area contributed by atoms with E-state index in [-0.39, 0.29) is 5.79 Å². The van der Waals surface area contributed by atoms with Crippen molar-refractivity contribution in [3.8, 4) is 0 Å². The zero-order valence-electron chi connectivity index (χ0n) is 7.12. The molecule has 0 amide bonds. The summed E-state index contributed by atoms with van der Waals surface area (Å²) in [6.07, 6.45) is 2.43. The van der Waals surface area contributed by atoms with Crippen molar-refractivity contribution in [3.05, 3.63) is 0 Å². The monoisotopic (exact) mass is 170 g/mol. The van der Waals surface area contributed by atoms with E-state index in [1.807, 2.05) is 0 Å².